The summed E-state index contributed by atoms with van der Waals surface area (Å²) in [4.78, 5) is 17.3. The largest absolute Gasteiger partial charge is 0.441 e. The first-order valence-electron chi connectivity index (χ1n) is 9.28. The van der Waals surface area contributed by atoms with Gasteiger partial charge in [0.25, 0.3) is 5.91 Å². The zero-order valence-electron chi connectivity index (χ0n) is 16.3. The Bertz CT molecular complexity index is 976. The summed E-state index contributed by atoms with van der Waals surface area (Å²) in [5, 5.41) is 2.85. The van der Waals surface area contributed by atoms with E-state index in [1.165, 1.54) is 0 Å². The molecule has 0 fully saturated rings. The fourth-order valence-electron chi connectivity index (χ4n) is 2.69. The van der Waals surface area contributed by atoms with Crippen LogP contribution in [0.25, 0.3) is 11.5 Å². The number of nitrogens with one attached hydrogen (secondary N) is 1. The van der Waals surface area contributed by atoms with Crippen LogP contribution in [0.1, 0.15) is 40.7 Å². The van der Waals surface area contributed by atoms with Crippen molar-refractivity contribution in [3.05, 3.63) is 71.1 Å². The van der Waals surface area contributed by atoms with E-state index in [4.69, 9.17) is 4.42 Å². The van der Waals surface area contributed by atoms with Crippen molar-refractivity contribution in [3.8, 4) is 11.5 Å². The number of hydrogen-bond acceptors (Lipinski definition) is 4. The van der Waals surface area contributed by atoms with E-state index in [-0.39, 0.29) is 5.91 Å². The zero-order chi connectivity index (χ0) is 20.1. The molecule has 0 aliphatic heterocycles. The number of rotatable bonds is 7. The van der Waals surface area contributed by atoms with Crippen molar-refractivity contribution in [1.82, 2.24) is 10.3 Å². The first kappa shape index (κ1) is 20.0. The lowest BCUT2D eigenvalue weighted by atomic mass is 10.1. The van der Waals surface area contributed by atoms with Gasteiger partial charge >= 0.3 is 0 Å². The Morgan fingerprint density at radius 2 is 1.75 bits per heavy atom. The summed E-state index contributed by atoms with van der Waals surface area (Å²) in [5.74, 6) is 1.33. The first-order valence-corrected chi connectivity index (χ1v) is 10.6. The van der Waals surface area contributed by atoms with E-state index in [0.717, 1.165) is 22.4 Å². The maximum atomic E-state index is 12.6. The second kappa shape index (κ2) is 8.97. The van der Waals surface area contributed by atoms with Crippen LogP contribution < -0.4 is 5.32 Å². The highest BCUT2D eigenvalue weighted by molar-refractivity contribution is 7.84. The second-order valence-electron chi connectivity index (χ2n) is 6.66. The molecule has 0 aliphatic rings. The SMILES string of the molecule is CCCNC(=O)c1ccc(-c2nc(C[S@@](=O)c3ccc(C)cc3)c(C)o2)cc1. The molecule has 28 heavy (non-hydrogen) atoms. The van der Waals surface area contributed by atoms with Crippen LogP contribution in [0.3, 0.4) is 0 Å². The van der Waals surface area contributed by atoms with Gasteiger partial charge in [0.1, 0.15) is 5.76 Å². The molecule has 5 nitrogen and oxygen atoms in total. The Kier molecular flexibility index (Phi) is 6.41. The Morgan fingerprint density at radius 3 is 2.39 bits per heavy atom. The zero-order valence-corrected chi connectivity index (χ0v) is 17.1. The Morgan fingerprint density at radius 1 is 1.07 bits per heavy atom. The standard InChI is InChI=1S/C22H24N2O3S/c1-4-13-23-21(25)17-7-9-18(10-8-17)22-24-20(16(3)27-22)14-28(26)19-11-5-15(2)6-12-19/h5-12H,4,13-14H2,1-3H3,(H,23,25)/t28-/m1/s1. The van der Waals surface area contributed by atoms with Gasteiger partial charge in [0.15, 0.2) is 0 Å². The molecule has 0 radical (unpaired) electrons. The smallest absolute Gasteiger partial charge is 0.251 e. The van der Waals surface area contributed by atoms with Crippen LogP contribution in [0.15, 0.2) is 57.8 Å². The molecule has 0 aliphatic carbocycles. The maximum Gasteiger partial charge on any atom is 0.251 e. The van der Waals surface area contributed by atoms with Gasteiger partial charge in [-0.1, -0.05) is 24.6 Å². The minimum atomic E-state index is -1.18. The molecular weight excluding hydrogens is 372 g/mol. The molecule has 2 aromatic carbocycles. The molecule has 1 aromatic heterocycles. The lowest BCUT2D eigenvalue weighted by Gasteiger charge is -2.03. The van der Waals surface area contributed by atoms with E-state index in [1.54, 1.807) is 12.1 Å². The Balaban J connectivity index is 1.73. The average Bonchev–Trinajstić information content (AvgIpc) is 3.07. The number of nitrogens with zero attached hydrogens (tertiary/aromatic N) is 1. The fourth-order valence-corrected chi connectivity index (χ4v) is 3.81. The third-order valence-electron chi connectivity index (χ3n) is 4.37. The molecule has 0 spiro atoms. The molecule has 3 rings (SSSR count). The summed E-state index contributed by atoms with van der Waals surface area (Å²) in [6.45, 7) is 6.49. The Hall–Kier alpha value is -2.73. The van der Waals surface area contributed by atoms with Crippen molar-refractivity contribution in [2.45, 2.75) is 37.8 Å². The molecule has 0 saturated carbocycles. The van der Waals surface area contributed by atoms with Crippen LogP contribution >= 0.6 is 0 Å². The molecule has 1 N–H and O–H groups in total. The summed E-state index contributed by atoms with van der Waals surface area (Å²) >= 11 is 0. The van der Waals surface area contributed by atoms with E-state index in [2.05, 4.69) is 10.3 Å². The van der Waals surface area contributed by atoms with E-state index in [0.29, 0.717) is 35.2 Å². The van der Waals surface area contributed by atoms with Crippen LogP contribution in [0.4, 0.5) is 0 Å². The van der Waals surface area contributed by atoms with Gasteiger partial charge in [0.05, 0.1) is 22.2 Å². The fraction of sp³-hybridized carbons (Fsp3) is 0.273. The molecule has 146 valence electrons. The highest BCUT2D eigenvalue weighted by Gasteiger charge is 2.15. The number of aryl methyl sites for hydroxylation is 2. The van der Waals surface area contributed by atoms with Gasteiger partial charge in [-0.05, 0) is 56.7 Å². The van der Waals surface area contributed by atoms with E-state index in [9.17, 15) is 9.00 Å². The van der Waals surface area contributed by atoms with Crippen molar-refractivity contribution >= 4 is 16.7 Å². The lowest BCUT2D eigenvalue weighted by Crippen LogP contribution is -2.23. The molecular formula is C22H24N2O3S. The van der Waals surface area contributed by atoms with Gasteiger partial charge in [-0.3, -0.25) is 9.00 Å². The van der Waals surface area contributed by atoms with Crippen molar-refractivity contribution in [1.29, 1.82) is 0 Å². The van der Waals surface area contributed by atoms with Crippen LogP contribution in [-0.4, -0.2) is 21.6 Å². The van der Waals surface area contributed by atoms with Crippen molar-refractivity contribution in [2.24, 2.45) is 0 Å². The second-order valence-corrected chi connectivity index (χ2v) is 8.11. The van der Waals surface area contributed by atoms with Gasteiger partial charge in [-0.2, -0.15) is 0 Å². The average molecular weight is 397 g/mol. The minimum absolute atomic E-state index is 0.0915. The maximum absolute atomic E-state index is 12.6. The normalized spacial score (nSPS) is 12.0. The topological polar surface area (TPSA) is 72.2 Å². The molecule has 0 saturated heterocycles. The van der Waals surface area contributed by atoms with Crippen molar-refractivity contribution in [2.75, 3.05) is 6.54 Å². The third-order valence-corrected chi connectivity index (χ3v) is 5.71. The molecule has 6 heteroatoms. The van der Waals surface area contributed by atoms with Gasteiger partial charge in [-0.15, -0.1) is 0 Å². The molecule has 3 aromatic rings. The van der Waals surface area contributed by atoms with Gasteiger partial charge < -0.3 is 9.73 Å². The van der Waals surface area contributed by atoms with Gasteiger partial charge in [0, 0.05) is 22.6 Å². The summed E-state index contributed by atoms with van der Waals surface area (Å²) in [6.07, 6.45) is 0.895. The number of carbonyl (C=O) groups excluding carboxylic acids is 1. The molecule has 1 atom stereocenters. The predicted octanol–water partition coefficient (Wildman–Crippen LogP) is 4.41. The number of benzene rings is 2. The van der Waals surface area contributed by atoms with Crippen LogP contribution in [0.5, 0.6) is 0 Å². The first-order chi connectivity index (χ1) is 13.5. The number of amides is 1. The summed E-state index contributed by atoms with van der Waals surface area (Å²) < 4.78 is 18.4. The number of hydrogen-bond donors (Lipinski definition) is 1. The molecule has 0 unspecified atom stereocenters. The lowest BCUT2D eigenvalue weighted by molar-refractivity contribution is 0.0953. The Labute approximate surface area is 167 Å². The van der Waals surface area contributed by atoms with E-state index < -0.39 is 10.8 Å². The van der Waals surface area contributed by atoms with Gasteiger partial charge in [0.2, 0.25) is 5.89 Å². The van der Waals surface area contributed by atoms with E-state index in [1.807, 2.05) is 57.2 Å². The summed E-state index contributed by atoms with van der Waals surface area (Å²) in [5.41, 5.74) is 3.19. The number of oxazole rings is 1. The molecule has 1 amide bonds. The highest BCUT2D eigenvalue weighted by atomic mass is 32.2. The summed E-state index contributed by atoms with van der Waals surface area (Å²) in [6, 6.07) is 14.8. The third kappa shape index (κ3) is 4.75. The van der Waals surface area contributed by atoms with E-state index >= 15 is 0 Å². The summed E-state index contributed by atoms with van der Waals surface area (Å²) in [7, 11) is -1.18. The van der Waals surface area contributed by atoms with Crippen LogP contribution in [0.2, 0.25) is 0 Å². The molecule has 0 bridgehead atoms. The van der Waals surface area contributed by atoms with Crippen molar-refractivity contribution in [3.63, 3.8) is 0 Å². The van der Waals surface area contributed by atoms with Crippen LogP contribution in [0, 0.1) is 13.8 Å². The monoisotopic (exact) mass is 396 g/mol. The van der Waals surface area contributed by atoms with Gasteiger partial charge in [-0.25, -0.2) is 4.98 Å². The van der Waals surface area contributed by atoms with Crippen molar-refractivity contribution < 1.29 is 13.4 Å². The highest BCUT2D eigenvalue weighted by Crippen LogP contribution is 2.24. The minimum Gasteiger partial charge on any atom is -0.441 e. The number of aromatic nitrogens is 1. The quantitative estimate of drug-likeness (QED) is 0.642. The molecule has 1 heterocycles. The van der Waals surface area contributed by atoms with Crippen LogP contribution in [-0.2, 0) is 16.6 Å². The predicted molar refractivity (Wildman–Crippen MR) is 111 cm³/mol. The number of carbonyl (C=O) groups is 1.